The van der Waals surface area contributed by atoms with Gasteiger partial charge in [-0.05, 0) is 48.9 Å². The lowest BCUT2D eigenvalue weighted by atomic mass is 10.2. The van der Waals surface area contributed by atoms with Gasteiger partial charge in [0.15, 0.2) is 0 Å². The molecule has 0 aromatic heterocycles. The first kappa shape index (κ1) is 16.1. The Morgan fingerprint density at radius 3 is 2.23 bits per heavy atom. The number of urea groups is 1. The number of nitrogens with one attached hydrogen (secondary N) is 3. The molecule has 0 aliphatic carbocycles. The molecule has 2 rings (SSSR count). The van der Waals surface area contributed by atoms with Crippen molar-refractivity contribution in [2.45, 2.75) is 6.92 Å². The van der Waals surface area contributed by atoms with Gasteiger partial charge in [-0.2, -0.15) is 0 Å². The Morgan fingerprint density at radius 1 is 1.00 bits per heavy atom. The Kier molecular flexibility index (Phi) is 5.25. The topological polar surface area (TPSA) is 70.2 Å². The number of carbonyl (C=O) groups excluding carboxylic acids is 2. The third-order valence-corrected chi connectivity index (χ3v) is 3.62. The van der Waals surface area contributed by atoms with E-state index in [1.54, 1.807) is 36.4 Å². The van der Waals surface area contributed by atoms with Crippen LogP contribution in [0.1, 0.15) is 5.56 Å². The fraction of sp³-hybridized carbons (Fsp3) is 0.0667. The summed E-state index contributed by atoms with van der Waals surface area (Å²) in [7, 11) is 0. The van der Waals surface area contributed by atoms with Gasteiger partial charge >= 0.3 is 6.03 Å². The van der Waals surface area contributed by atoms with E-state index in [9.17, 15) is 9.59 Å². The number of benzene rings is 2. The standard InChI is InChI=1S/C15H13Cl2N3O2/c1-9-6-10(3-5-14(9)18-8-21)19-15(22)20-11-2-4-12(16)13(17)7-11/h2-8H,1H3,(H,18,21)(H2,19,20,22). The van der Waals surface area contributed by atoms with E-state index in [2.05, 4.69) is 16.0 Å². The van der Waals surface area contributed by atoms with Gasteiger partial charge in [0.05, 0.1) is 10.0 Å². The Hall–Kier alpha value is -2.24. The molecule has 5 nitrogen and oxygen atoms in total. The first-order valence-electron chi connectivity index (χ1n) is 6.33. The number of rotatable bonds is 4. The first-order chi connectivity index (χ1) is 10.5. The molecule has 0 aliphatic heterocycles. The number of hydrogen-bond donors (Lipinski definition) is 3. The van der Waals surface area contributed by atoms with Crippen molar-refractivity contribution < 1.29 is 9.59 Å². The summed E-state index contributed by atoms with van der Waals surface area (Å²) < 4.78 is 0. The zero-order valence-corrected chi connectivity index (χ0v) is 13.1. The number of anilines is 3. The lowest BCUT2D eigenvalue weighted by Gasteiger charge is -2.10. The molecule has 0 spiro atoms. The van der Waals surface area contributed by atoms with Gasteiger partial charge in [-0.15, -0.1) is 0 Å². The van der Waals surface area contributed by atoms with Crippen molar-refractivity contribution in [3.8, 4) is 0 Å². The van der Waals surface area contributed by atoms with Crippen molar-refractivity contribution >= 4 is 52.7 Å². The van der Waals surface area contributed by atoms with Crippen LogP contribution in [0.5, 0.6) is 0 Å². The summed E-state index contributed by atoms with van der Waals surface area (Å²) >= 11 is 11.7. The Bertz CT molecular complexity index is 720. The maximum Gasteiger partial charge on any atom is 0.323 e. The molecule has 2 aromatic rings. The van der Waals surface area contributed by atoms with Gasteiger partial charge < -0.3 is 16.0 Å². The molecule has 0 saturated carbocycles. The third-order valence-electron chi connectivity index (χ3n) is 2.88. The van der Waals surface area contributed by atoms with Gasteiger partial charge in [0.2, 0.25) is 6.41 Å². The van der Waals surface area contributed by atoms with Gasteiger partial charge in [-0.3, -0.25) is 4.79 Å². The second-order valence-electron chi connectivity index (χ2n) is 4.50. The molecule has 0 bridgehead atoms. The Labute approximate surface area is 137 Å². The molecule has 114 valence electrons. The summed E-state index contributed by atoms with van der Waals surface area (Å²) in [6.07, 6.45) is 0.604. The minimum absolute atomic E-state index is 0.361. The zero-order valence-electron chi connectivity index (χ0n) is 11.6. The summed E-state index contributed by atoms with van der Waals surface area (Å²) in [5.74, 6) is 0. The summed E-state index contributed by atoms with van der Waals surface area (Å²) in [6, 6.07) is 9.55. The van der Waals surface area contributed by atoms with Crippen molar-refractivity contribution in [3.63, 3.8) is 0 Å². The normalized spacial score (nSPS) is 9.95. The van der Waals surface area contributed by atoms with E-state index >= 15 is 0 Å². The van der Waals surface area contributed by atoms with Crippen LogP contribution in [-0.2, 0) is 4.79 Å². The molecule has 3 N–H and O–H groups in total. The molecule has 2 aromatic carbocycles. The summed E-state index contributed by atoms with van der Waals surface area (Å²) in [5.41, 5.74) is 2.65. The van der Waals surface area contributed by atoms with E-state index in [-0.39, 0.29) is 0 Å². The lowest BCUT2D eigenvalue weighted by molar-refractivity contribution is -0.105. The minimum atomic E-state index is -0.408. The highest BCUT2D eigenvalue weighted by Crippen LogP contribution is 2.25. The van der Waals surface area contributed by atoms with Crippen LogP contribution < -0.4 is 16.0 Å². The van der Waals surface area contributed by atoms with E-state index in [0.29, 0.717) is 33.5 Å². The number of halogens is 2. The van der Waals surface area contributed by atoms with Crippen LogP contribution in [0.2, 0.25) is 10.0 Å². The maximum absolute atomic E-state index is 11.9. The number of aryl methyl sites for hydroxylation is 1. The number of carbonyl (C=O) groups is 2. The molecule has 0 heterocycles. The number of hydrogen-bond acceptors (Lipinski definition) is 2. The third kappa shape index (κ3) is 4.13. The van der Waals surface area contributed by atoms with Crippen LogP contribution >= 0.6 is 23.2 Å². The van der Waals surface area contributed by atoms with E-state index in [1.165, 1.54) is 0 Å². The molecule has 7 heteroatoms. The molecule has 22 heavy (non-hydrogen) atoms. The first-order valence-corrected chi connectivity index (χ1v) is 7.09. The predicted octanol–water partition coefficient (Wildman–Crippen LogP) is 4.51. The Morgan fingerprint density at radius 2 is 1.64 bits per heavy atom. The van der Waals surface area contributed by atoms with E-state index in [0.717, 1.165) is 5.56 Å². The molecular weight excluding hydrogens is 325 g/mol. The van der Waals surface area contributed by atoms with Crippen molar-refractivity contribution in [3.05, 3.63) is 52.0 Å². The van der Waals surface area contributed by atoms with E-state index in [4.69, 9.17) is 23.2 Å². The second kappa shape index (κ2) is 7.15. The fourth-order valence-electron chi connectivity index (χ4n) is 1.83. The quantitative estimate of drug-likeness (QED) is 0.718. The number of amides is 3. The van der Waals surface area contributed by atoms with Crippen LogP contribution in [0.4, 0.5) is 21.9 Å². The summed E-state index contributed by atoms with van der Waals surface area (Å²) in [5, 5.41) is 8.70. The lowest BCUT2D eigenvalue weighted by Crippen LogP contribution is -2.19. The van der Waals surface area contributed by atoms with Gasteiger partial charge in [-0.1, -0.05) is 23.2 Å². The van der Waals surface area contributed by atoms with E-state index in [1.807, 2.05) is 6.92 Å². The van der Waals surface area contributed by atoms with Crippen LogP contribution in [-0.4, -0.2) is 12.4 Å². The Balaban J connectivity index is 2.03. The van der Waals surface area contributed by atoms with Gasteiger partial charge in [0.1, 0.15) is 0 Å². The van der Waals surface area contributed by atoms with Crippen LogP contribution in [0, 0.1) is 6.92 Å². The highest BCUT2D eigenvalue weighted by molar-refractivity contribution is 6.42. The van der Waals surface area contributed by atoms with Crippen LogP contribution in [0.3, 0.4) is 0 Å². The fourth-order valence-corrected chi connectivity index (χ4v) is 2.13. The average Bonchev–Trinajstić information content (AvgIpc) is 2.46. The van der Waals surface area contributed by atoms with Crippen molar-refractivity contribution in [1.29, 1.82) is 0 Å². The van der Waals surface area contributed by atoms with Gasteiger partial charge in [-0.25, -0.2) is 4.79 Å². The summed E-state index contributed by atoms with van der Waals surface area (Å²) in [6.45, 7) is 1.83. The maximum atomic E-state index is 11.9. The molecule has 0 saturated heterocycles. The van der Waals surface area contributed by atoms with Crippen molar-refractivity contribution in [2.75, 3.05) is 16.0 Å². The highest BCUT2D eigenvalue weighted by atomic mass is 35.5. The van der Waals surface area contributed by atoms with Gasteiger partial charge in [0.25, 0.3) is 0 Å². The minimum Gasteiger partial charge on any atom is -0.328 e. The van der Waals surface area contributed by atoms with Crippen molar-refractivity contribution in [1.82, 2.24) is 0 Å². The SMILES string of the molecule is Cc1cc(NC(=O)Nc2ccc(Cl)c(Cl)c2)ccc1NC=O. The molecule has 0 atom stereocenters. The monoisotopic (exact) mass is 337 g/mol. The molecule has 0 unspecified atom stereocenters. The summed E-state index contributed by atoms with van der Waals surface area (Å²) in [4.78, 5) is 22.4. The van der Waals surface area contributed by atoms with Crippen LogP contribution in [0.25, 0.3) is 0 Å². The molecule has 3 amide bonds. The molecule has 0 radical (unpaired) electrons. The highest BCUT2D eigenvalue weighted by Gasteiger charge is 2.06. The second-order valence-corrected chi connectivity index (χ2v) is 5.31. The van der Waals surface area contributed by atoms with Crippen molar-refractivity contribution in [2.24, 2.45) is 0 Å². The molecule has 0 fully saturated rings. The van der Waals surface area contributed by atoms with Crippen LogP contribution in [0.15, 0.2) is 36.4 Å². The smallest absolute Gasteiger partial charge is 0.323 e. The largest absolute Gasteiger partial charge is 0.328 e. The average molecular weight is 338 g/mol. The van der Waals surface area contributed by atoms with Gasteiger partial charge in [0, 0.05) is 17.1 Å². The predicted molar refractivity (Wildman–Crippen MR) is 90.0 cm³/mol. The molecule has 0 aliphatic rings. The molecular formula is C15H13Cl2N3O2. The zero-order chi connectivity index (χ0) is 16.1. The van der Waals surface area contributed by atoms with E-state index < -0.39 is 6.03 Å².